The molecule has 1 fully saturated rings. The summed E-state index contributed by atoms with van der Waals surface area (Å²) in [6.45, 7) is 2.62. The van der Waals surface area contributed by atoms with Crippen LogP contribution in [0.3, 0.4) is 0 Å². The maximum atomic E-state index is 11.6. The lowest BCUT2D eigenvalue weighted by Crippen LogP contribution is -2.32. The predicted octanol–water partition coefficient (Wildman–Crippen LogP) is 0.747. The van der Waals surface area contributed by atoms with Crippen LogP contribution < -0.4 is 10.6 Å². The predicted molar refractivity (Wildman–Crippen MR) is 64.7 cm³/mol. The van der Waals surface area contributed by atoms with E-state index in [1.165, 1.54) is 0 Å². The molecule has 5 heteroatoms. The Labute approximate surface area is 102 Å². The van der Waals surface area contributed by atoms with Crippen molar-refractivity contribution in [2.75, 3.05) is 19.6 Å². The topological polar surface area (TPSA) is 78.4 Å². The fourth-order valence-electron chi connectivity index (χ4n) is 2.05. The van der Waals surface area contributed by atoms with Gasteiger partial charge in [-0.3, -0.25) is 9.59 Å². The van der Waals surface area contributed by atoms with E-state index in [4.69, 9.17) is 5.11 Å². The van der Waals surface area contributed by atoms with Crippen LogP contribution in [0.25, 0.3) is 0 Å². The van der Waals surface area contributed by atoms with Gasteiger partial charge in [0, 0.05) is 19.4 Å². The van der Waals surface area contributed by atoms with Crippen molar-refractivity contribution in [1.29, 1.82) is 0 Å². The SMILES string of the molecule is O=C(O)CCCCNC(=O)CC1CCNCC1. The molecule has 0 radical (unpaired) electrons. The number of hydrogen-bond donors (Lipinski definition) is 3. The van der Waals surface area contributed by atoms with E-state index < -0.39 is 5.97 Å². The van der Waals surface area contributed by atoms with E-state index in [9.17, 15) is 9.59 Å². The van der Waals surface area contributed by atoms with E-state index in [-0.39, 0.29) is 12.3 Å². The molecule has 0 aromatic rings. The van der Waals surface area contributed by atoms with E-state index in [1.54, 1.807) is 0 Å². The third kappa shape index (κ3) is 6.94. The number of hydrogen-bond acceptors (Lipinski definition) is 3. The molecule has 17 heavy (non-hydrogen) atoms. The Balaban J connectivity index is 1.98. The van der Waals surface area contributed by atoms with E-state index in [0.717, 1.165) is 32.4 Å². The van der Waals surface area contributed by atoms with Gasteiger partial charge >= 0.3 is 5.97 Å². The average molecular weight is 242 g/mol. The molecule has 1 amide bonds. The molecule has 0 spiro atoms. The molecule has 0 bridgehead atoms. The number of carbonyl (C=O) groups excluding carboxylic acids is 1. The van der Waals surface area contributed by atoms with Gasteiger partial charge < -0.3 is 15.7 Å². The number of rotatable bonds is 7. The van der Waals surface area contributed by atoms with Crippen molar-refractivity contribution >= 4 is 11.9 Å². The van der Waals surface area contributed by atoms with Gasteiger partial charge in [0.05, 0.1) is 0 Å². The molecule has 3 N–H and O–H groups in total. The van der Waals surface area contributed by atoms with Gasteiger partial charge in [0.25, 0.3) is 0 Å². The van der Waals surface area contributed by atoms with E-state index in [1.807, 2.05) is 0 Å². The molecule has 1 aliphatic heterocycles. The number of nitrogens with one attached hydrogen (secondary N) is 2. The largest absolute Gasteiger partial charge is 0.481 e. The zero-order chi connectivity index (χ0) is 12.5. The van der Waals surface area contributed by atoms with Gasteiger partial charge in [0.15, 0.2) is 0 Å². The van der Waals surface area contributed by atoms with Crippen LogP contribution >= 0.6 is 0 Å². The van der Waals surface area contributed by atoms with Crippen LogP contribution in [0.5, 0.6) is 0 Å². The fourth-order valence-corrected chi connectivity index (χ4v) is 2.05. The van der Waals surface area contributed by atoms with E-state index >= 15 is 0 Å². The number of unbranched alkanes of at least 4 members (excludes halogenated alkanes) is 1. The highest BCUT2D eigenvalue weighted by molar-refractivity contribution is 5.76. The Hall–Kier alpha value is -1.10. The second-order valence-electron chi connectivity index (χ2n) is 4.60. The molecule has 1 saturated heterocycles. The van der Waals surface area contributed by atoms with Crippen LogP contribution in [0.4, 0.5) is 0 Å². The zero-order valence-corrected chi connectivity index (χ0v) is 10.2. The smallest absolute Gasteiger partial charge is 0.303 e. The van der Waals surface area contributed by atoms with Gasteiger partial charge in [-0.1, -0.05) is 0 Å². The molecule has 0 atom stereocenters. The summed E-state index contributed by atoms with van der Waals surface area (Å²) in [5.74, 6) is -0.159. The maximum absolute atomic E-state index is 11.6. The average Bonchev–Trinajstić information content (AvgIpc) is 2.29. The molecule has 1 rings (SSSR count). The number of carboxylic acid groups (broad SMARTS) is 1. The summed E-state index contributed by atoms with van der Waals surface area (Å²) in [7, 11) is 0. The summed E-state index contributed by atoms with van der Waals surface area (Å²) >= 11 is 0. The van der Waals surface area contributed by atoms with Crippen LogP contribution in [-0.2, 0) is 9.59 Å². The minimum absolute atomic E-state index is 0.104. The first-order chi connectivity index (χ1) is 8.18. The standard InChI is InChI=1S/C12H22N2O3/c15-11(9-10-4-7-13-8-5-10)14-6-2-1-3-12(16)17/h10,13H,1-9H2,(H,14,15)(H,16,17). The molecule has 0 aromatic carbocycles. The number of carboxylic acids is 1. The van der Waals surface area contributed by atoms with Gasteiger partial charge in [0.2, 0.25) is 5.91 Å². The molecule has 5 nitrogen and oxygen atoms in total. The maximum Gasteiger partial charge on any atom is 0.303 e. The lowest BCUT2D eigenvalue weighted by molar-refractivity contribution is -0.137. The Morgan fingerprint density at radius 1 is 1.24 bits per heavy atom. The third-order valence-corrected chi connectivity index (χ3v) is 3.07. The van der Waals surface area contributed by atoms with Crippen LogP contribution in [-0.4, -0.2) is 36.6 Å². The first-order valence-electron chi connectivity index (χ1n) is 6.37. The number of aliphatic carboxylic acids is 1. The fraction of sp³-hybridized carbons (Fsp3) is 0.833. The van der Waals surface area contributed by atoms with E-state index in [2.05, 4.69) is 10.6 Å². The third-order valence-electron chi connectivity index (χ3n) is 3.07. The number of piperidine rings is 1. The minimum atomic E-state index is -0.772. The van der Waals surface area contributed by atoms with Gasteiger partial charge in [-0.25, -0.2) is 0 Å². The summed E-state index contributed by atoms with van der Waals surface area (Å²) in [6, 6.07) is 0. The molecule has 98 valence electrons. The van der Waals surface area contributed by atoms with E-state index in [0.29, 0.717) is 25.3 Å². The molecule has 0 unspecified atom stereocenters. The number of amides is 1. The highest BCUT2D eigenvalue weighted by Gasteiger charge is 2.16. The van der Waals surface area contributed by atoms with Crippen LogP contribution in [0.1, 0.15) is 38.5 Å². The summed E-state index contributed by atoms with van der Waals surface area (Å²) in [5, 5.41) is 14.6. The number of carbonyl (C=O) groups is 2. The first kappa shape index (κ1) is 14.0. The quantitative estimate of drug-likeness (QED) is 0.576. The lowest BCUT2D eigenvalue weighted by atomic mass is 9.94. The monoisotopic (exact) mass is 242 g/mol. The Morgan fingerprint density at radius 3 is 2.59 bits per heavy atom. The Kier molecular flexibility index (Phi) is 6.62. The van der Waals surface area contributed by atoms with Crippen molar-refractivity contribution in [2.24, 2.45) is 5.92 Å². The highest BCUT2D eigenvalue weighted by atomic mass is 16.4. The van der Waals surface area contributed by atoms with Crippen LogP contribution in [0, 0.1) is 5.92 Å². The van der Waals surface area contributed by atoms with Crippen molar-refractivity contribution in [3.63, 3.8) is 0 Å². The summed E-state index contributed by atoms with van der Waals surface area (Å²) in [4.78, 5) is 21.8. The zero-order valence-electron chi connectivity index (χ0n) is 10.2. The van der Waals surface area contributed by atoms with Crippen molar-refractivity contribution < 1.29 is 14.7 Å². The molecule has 0 aromatic heterocycles. The van der Waals surface area contributed by atoms with Crippen molar-refractivity contribution in [3.05, 3.63) is 0 Å². The molecule has 0 aliphatic carbocycles. The van der Waals surface area contributed by atoms with Crippen molar-refractivity contribution in [1.82, 2.24) is 10.6 Å². The normalized spacial score (nSPS) is 16.7. The molecule has 1 heterocycles. The second kappa shape index (κ2) is 8.06. The molecular formula is C12H22N2O3. The Bertz CT molecular complexity index is 250. The minimum Gasteiger partial charge on any atom is -0.481 e. The lowest BCUT2D eigenvalue weighted by Gasteiger charge is -2.21. The molecular weight excluding hydrogens is 220 g/mol. The summed E-state index contributed by atoms with van der Waals surface area (Å²) < 4.78 is 0. The van der Waals surface area contributed by atoms with Crippen molar-refractivity contribution in [3.8, 4) is 0 Å². The highest BCUT2D eigenvalue weighted by Crippen LogP contribution is 2.15. The van der Waals surface area contributed by atoms with Gasteiger partial charge in [-0.2, -0.15) is 0 Å². The van der Waals surface area contributed by atoms with Crippen molar-refractivity contribution in [2.45, 2.75) is 38.5 Å². The van der Waals surface area contributed by atoms with Gasteiger partial charge in [0.1, 0.15) is 0 Å². The van der Waals surface area contributed by atoms with Crippen LogP contribution in [0.15, 0.2) is 0 Å². The van der Waals surface area contributed by atoms with Gasteiger partial charge in [-0.15, -0.1) is 0 Å². The summed E-state index contributed by atoms with van der Waals surface area (Å²) in [5.41, 5.74) is 0. The first-order valence-corrected chi connectivity index (χ1v) is 6.37. The molecule has 0 saturated carbocycles. The van der Waals surface area contributed by atoms with Crippen LogP contribution in [0.2, 0.25) is 0 Å². The molecule has 1 aliphatic rings. The second-order valence-corrected chi connectivity index (χ2v) is 4.60. The summed E-state index contributed by atoms with van der Waals surface area (Å²) in [6.07, 6.45) is 4.32. The van der Waals surface area contributed by atoms with Gasteiger partial charge in [-0.05, 0) is 44.7 Å². The Morgan fingerprint density at radius 2 is 1.94 bits per heavy atom.